The molecule has 1 N–H and O–H groups in total. The fourth-order valence-electron chi connectivity index (χ4n) is 1.84. The molecule has 2 nitrogen and oxygen atoms in total. The monoisotopic (exact) mass is 338 g/mol. The lowest BCUT2D eigenvalue weighted by atomic mass is 10.0. The van der Waals surface area contributed by atoms with Gasteiger partial charge in [-0.1, -0.05) is 18.2 Å². The Balaban J connectivity index is 2.14. The van der Waals surface area contributed by atoms with Crippen molar-refractivity contribution in [2.24, 2.45) is 0 Å². The molecular weight excluding hydrogens is 323 g/mol. The highest BCUT2D eigenvalue weighted by atomic mass is 127. The number of rotatable bonds is 4. The fraction of sp³-hybridized carbons (Fsp3) is 0.214. The van der Waals surface area contributed by atoms with Gasteiger partial charge in [-0.2, -0.15) is 0 Å². The molecule has 0 spiro atoms. The van der Waals surface area contributed by atoms with Crippen molar-refractivity contribution in [1.82, 2.24) is 10.3 Å². The minimum Gasteiger partial charge on any atom is -0.313 e. The standard InChI is InChI=1S/C14H15IN2/c1-16-14(9-11-3-2-8-17-10-11)12-4-6-13(15)7-5-12/h2-8,10,14,16H,9H2,1H3. The summed E-state index contributed by atoms with van der Waals surface area (Å²) in [5.41, 5.74) is 2.57. The predicted octanol–water partition coefficient (Wildman–Crippen LogP) is 3.19. The second-order valence-electron chi connectivity index (χ2n) is 3.96. The minimum atomic E-state index is 0.344. The van der Waals surface area contributed by atoms with Crippen LogP contribution in [0.5, 0.6) is 0 Å². The number of halogens is 1. The first-order valence-corrected chi connectivity index (χ1v) is 6.69. The Morgan fingerprint density at radius 3 is 2.59 bits per heavy atom. The van der Waals surface area contributed by atoms with Gasteiger partial charge in [0.15, 0.2) is 0 Å². The van der Waals surface area contributed by atoms with E-state index in [9.17, 15) is 0 Å². The molecule has 1 aromatic carbocycles. The third kappa shape index (κ3) is 3.51. The van der Waals surface area contributed by atoms with E-state index < -0.39 is 0 Å². The quantitative estimate of drug-likeness (QED) is 0.866. The molecule has 1 heterocycles. The van der Waals surface area contributed by atoms with Crippen LogP contribution in [0.2, 0.25) is 0 Å². The van der Waals surface area contributed by atoms with Crippen molar-refractivity contribution in [2.75, 3.05) is 7.05 Å². The van der Waals surface area contributed by atoms with E-state index >= 15 is 0 Å². The first kappa shape index (κ1) is 12.5. The van der Waals surface area contributed by atoms with E-state index in [2.05, 4.69) is 63.2 Å². The molecule has 0 saturated heterocycles. The van der Waals surface area contributed by atoms with E-state index in [0.717, 1.165) is 6.42 Å². The van der Waals surface area contributed by atoms with Crippen molar-refractivity contribution in [3.05, 3.63) is 63.5 Å². The lowest BCUT2D eigenvalue weighted by molar-refractivity contribution is 0.591. The second kappa shape index (κ2) is 6.12. The Kier molecular flexibility index (Phi) is 4.50. The van der Waals surface area contributed by atoms with Crippen LogP contribution >= 0.6 is 22.6 Å². The summed E-state index contributed by atoms with van der Waals surface area (Å²) in [7, 11) is 2.00. The van der Waals surface area contributed by atoms with Gasteiger partial charge in [0, 0.05) is 22.0 Å². The average molecular weight is 338 g/mol. The number of benzene rings is 1. The zero-order chi connectivity index (χ0) is 12.1. The average Bonchev–Trinajstić information content (AvgIpc) is 2.38. The SMILES string of the molecule is CNC(Cc1cccnc1)c1ccc(I)cc1. The van der Waals surface area contributed by atoms with E-state index in [1.54, 1.807) is 0 Å². The molecule has 3 heteroatoms. The van der Waals surface area contributed by atoms with Gasteiger partial charge in [-0.3, -0.25) is 4.98 Å². The third-order valence-electron chi connectivity index (χ3n) is 2.78. The maximum atomic E-state index is 4.15. The van der Waals surface area contributed by atoms with Gasteiger partial charge in [0.05, 0.1) is 0 Å². The summed E-state index contributed by atoms with van der Waals surface area (Å²) < 4.78 is 1.27. The molecular formula is C14H15IN2. The Bertz CT molecular complexity index is 453. The number of hydrogen-bond donors (Lipinski definition) is 1. The molecule has 2 aromatic rings. The van der Waals surface area contributed by atoms with Gasteiger partial charge in [0.1, 0.15) is 0 Å². The minimum absolute atomic E-state index is 0.344. The van der Waals surface area contributed by atoms with Gasteiger partial charge in [-0.05, 0) is 65.4 Å². The molecule has 0 radical (unpaired) electrons. The molecule has 0 fully saturated rings. The summed E-state index contributed by atoms with van der Waals surface area (Å²) in [6, 6.07) is 13.1. The highest BCUT2D eigenvalue weighted by molar-refractivity contribution is 14.1. The van der Waals surface area contributed by atoms with Gasteiger partial charge in [-0.15, -0.1) is 0 Å². The lowest BCUT2D eigenvalue weighted by Gasteiger charge is -2.16. The van der Waals surface area contributed by atoms with Gasteiger partial charge in [0.25, 0.3) is 0 Å². The maximum Gasteiger partial charge on any atom is 0.0358 e. The Morgan fingerprint density at radius 1 is 1.24 bits per heavy atom. The summed E-state index contributed by atoms with van der Waals surface area (Å²) >= 11 is 2.33. The normalized spacial score (nSPS) is 12.4. The highest BCUT2D eigenvalue weighted by Crippen LogP contribution is 2.18. The van der Waals surface area contributed by atoms with Crippen LogP contribution in [0.4, 0.5) is 0 Å². The third-order valence-corrected chi connectivity index (χ3v) is 3.50. The van der Waals surface area contributed by atoms with Crippen LogP contribution < -0.4 is 5.32 Å². The molecule has 1 aromatic heterocycles. The zero-order valence-electron chi connectivity index (χ0n) is 9.73. The van der Waals surface area contributed by atoms with Crippen LogP contribution in [0.15, 0.2) is 48.8 Å². The van der Waals surface area contributed by atoms with Crippen LogP contribution in [0, 0.1) is 3.57 Å². The van der Waals surface area contributed by atoms with Crippen molar-refractivity contribution >= 4 is 22.6 Å². The Hall–Kier alpha value is -0.940. The second-order valence-corrected chi connectivity index (χ2v) is 5.20. The Labute approximate surface area is 116 Å². The molecule has 0 bridgehead atoms. The van der Waals surface area contributed by atoms with E-state index in [0.29, 0.717) is 6.04 Å². The predicted molar refractivity (Wildman–Crippen MR) is 78.9 cm³/mol. The number of pyridine rings is 1. The van der Waals surface area contributed by atoms with Crippen molar-refractivity contribution in [3.8, 4) is 0 Å². The zero-order valence-corrected chi connectivity index (χ0v) is 11.9. The summed E-state index contributed by atoms with van der Waals surface area (Å²) in [5, 5.41) is 3.36. The molecule has 0 saturated carbocycles. The summed E-state index contributed by atoms with van der Waals surface area (Å²) in [4.78, 5) is 4.15. The maximum absolute atomic E-state index is 4.15. The van der Waals surface area contributed by atoms with Gasteiger partial charge >= 0.3 is 0 Å². The molecule has 88 valence electrons. The van der Waals surface area contributed by atoms with Gasteiger partial charge in [-0.25, -0.2) is 0 Å². The van der Waals surface area contributed by atoms with Crippen LogP contribution in [-0.4, -0.2) is 12.0 Å². The smallest absolute Gasteiger partial charge is 0.0358 e. The summed E-state index contributed by atoms with van der Waals surface area (Å²) in [6.45, 7) is 0. The van der Waals surface area contributed by atoms with Crippen molar-refractivity contribution in [3.63, 3.8) is 0 Å². The highest BCUT2D eigenvalue weighted by Gasteiger charge is 2.09. The van der Waals surface area contributed by atoms with Crippen LogP contribution in [0.3, 0.4) is 0 Å². The van der Waals surface area contributed by atoms with Crippen LogP contribution in [-0.2, 0) is 6.42 Å². The van der Waals surface area contributed by atoms with E-state index in [4.69, 9.17) is 0 Å². The molecule has 0 aliphatic carbocycles. The van der Waals surface area contributed by atoms with Gasteiger partial charge < -0.3 is 5.32 Å². The topological polar surface area (TPSA) is 24.9 Å². The number of aromatic nitrogens is 1. The number of hydrogen-bond acceptors (Lipinski definition) is 2. The number of nitrogens with zero attached hydrogens (tertiary/aromatic N) is 1. The summed E-state index contributed by atoms with van der Waals surface area (Å²) in [5.74, 6) is 0. The molecule has 2 rings (SSSR count). The number of likely N-dealkylation sites (N-methyl/N-ethyl adjacent to an activating group) is 1. The van der Waals surface area contributed by atoms with Crippen LogP contribution in [0.1, 0.15) is 17.2 Å². The molecule has 0 amide bonds. The van der Waals surface area contributed by atoms with Gasteiger partial charge in [0.2, 0.25) is 0 Å². The largest absolute Gasteiger partial charge is 0.313 e. The van der Waals surface area contributed by atoms with Crippen molar-refractivity contribution in [2.45, 2.75) is 12.5 Å². The Morgan fingerprint density at radius 2 is 2.00 bits per heavy atom. The van der Waals surface area contributed by atoms with E-state index in [1.807, 2.05) is 25.5 Å². The fourth-order valence-corrected chi connectivity index (χ4v) is 2.20. The number of nitrogens with one attached hydrogen (secondary N) is 1. The van der Waals surface area contributed by atoms with Crippen molar-refractivity contribution < 1.29 is 0 Å². The molecule has 0 aliphatic rings. The molecule has 0 aliphatic heterocycles. The van der Waals surface area contributed by atoms with Crippen LogP contribution in [0.25, 0.3) is 0 Å². The lowest BCUT2D eigenvalue weighted by Crippen LogP contribution is -2.18. The molecule has 1 unspecified atom stereocenters. The molecule has 1 atom stereocenters. The molecule has 17 heavy (non-hydrogen) atoms. The van der Waals surface area contributed by atoms with Crippen molar-refractivity contribution in [1.29, 1.82) is 0 Å². The first-order valence-electron chi connectivity index (χ1n) is 5.61. The first-order chi connectivity index (χ1) is 8.29. The van der Waals surface area contributed by atoms with E-state index in [1.165, 1.54) is 14.7 Å². The summed E-state index contributed by atoms with van der Waals surface area (Å²) in [6.07, 6.45) is 4.70. The van der Waals surface area contributed by atoms with E-state index in [-0.39, 0.29) is 0 Å².